The molecule has 2 N–H and O–H groups in total. The first kappa shape index (κ1) is 18.8. The van der Waals surface area contributed by atoms with Gasteiger partial charge in [0.2, 0.25) is 0 Å². The number of rotatable bonds is 10. The zero-order valence-electron chi connectivity index (χ0n) is 10.9. The molecule has 0 aliphatic rings. The number of hydrogen-bond donors (Lipinski definition) is 1. The van der Waals surface area contributed by atoms with Crippen molar-refractivity contribution in [1.29, 1.82) is 5.26 Å². The number of nitriles is 1. The van der Waals surface area contributed by atoms with E-state index in [0.717, 1.165) is 6.42 Å². The molecular formula is C13H25MnN2O. The Morgan fingerprint density at radius 1 is 1.06 bits per heavy atom. The summed E-state index contributed by atoms with van der Waals surface area (Å²) in [5, 5.41) is 7.10. The van der Waals surface area contributed by atoms with Crippen LogP contribution >= 0.6 is 0 Å². The van der Waals surface area contributed by atoms with Gasteiger partial charge in [-0.05, 0) is 0 Å². The molecule has 4 heteroatoms. The number of nitrogens with zero attached hydrogens (tertiary/aromatic N) is 1. The van der Waals surface area contributed by atoms with Gasteiger partial charge in [-0.25, -0.2) is 0 Å². The Hall–Kier alpha value is -0.521. The fourth-order valence-electron chi connectivity index (χ4n) is 1.57. The van der Waals surface area contributed by atoms with E-state index in [-0.39, 0.29) is 4.68 Å². The normalized spacial score (nSPS) is 9.00. The molecule has 0 radical (unpaired) electrons. The molecule has 0 aromatic heterocycles. The van der Waals surface area contributed by atoms with Gasteiger partial charge in [0.25, 0.3) is 0 Å². The van der Waals surface area contributed by atoms with Crippen molar-refractivity contribution in [2.45, 2.75) is 71.1 Å². The van der Waals surface area contributed by atoms with Gasteiger partial charge in [-0.3, -0.25) is 0 Å². The van der Waals surface area contributed by atoms with E-state index in [2.05, 4.69) is 28.7 Å². The Bertz CT molecular complexity index is 202. The first-order valence-electron chi connectivity index (χ1n) is 6.47. The van der Waals surface area contributed by atoms with Crippen molar-refractivity contribution in [3.63, 3.8) is 0 Å². The average molecular weight is 280 g/mol. The van der Waals surface area contributed by atoms with Crippen molar-refractivity contribution < 1.29 is 20.8 Å². The maximum Gasteiger partial charge on any atom is 0.173 e. The summed E-state index contributed by atoms with van der Waals surface area (Å²) >= 11 is 2.95. The largest absolute Gasteiger partial charge is 0.337 e. The van der Waals surface area contributed by atoms with Gasteiger partial charge < -0.3 is 5.73 Å². The third-order valence-electron chi connectivity index (χ3n) is 2.48. The van der Waals surface area contributed by atoms with Gasteiger partial charge in [0.1, 0.15) is 0 Å². The molecule has 0 saturated carbocycles. The number of carbonyl (C=O) groups is 1. The molecule has 0 rings (SSSR count). The van der Waals surface area contributed by atoms with Crippen LogP contribution in [0.1, 0.15) is 71.1 Å². The molecule has 0 fully saturated rings. The average Bonchev–Trinajstić information content (AvgIpc) is 2.27. The van der Waals surface area contributed by atoms with Gasteiger partial charge in [0.15, 0.2) is 6.19 Å². The number of carbonyl (C=O) groups excluding carboxylic acids is 1. The van der Waals surface area contributed by atoms with E-state index >= 15 is 0 Å². The second kappa shape index (κ2) is 17.9. The maximum absolute atomic E-state index is 10.6. The molecule has 0 unspecified atom stereocenters. The first-order valence-corrected chi connectivity index (χ1v) is 7.06. The number of unbranched alkanes of at least 4 members (excludes halogenated alkanes) is 8. The zero-order valence-corrected chi connectivity index (χ0v) is 12.1. The van der Waals surface area contributed by atoms with Gasteiger partial charge in [0, 0.05) is 0 Å². The molecule has 0 saturated heterocycles. The topological polar surface area (TPSA) is 66.9 Å². The van der Waals surface area contributed by atoms with Crippen LogP contribution in [-0.4, -0.2) is 4.68 Å². The van der Waals surface area contributed by atoms with Crippen LogP contribution in [0.25, 0.3) is 0 Å². The predicted octanol–water partition coefficient (Wildman–Crippen LogP) is 3.41. The minimum absolute atomic E-state index is 0.153. The second-order valence-electron chi connectivity index (χ2n) is 4.06. The monoisotopic (exact) mass is 280 g/mol. The summed E-state index contributed by atoms with van der Waals surface area (Å²) in [5.41, 5.74) is 4.15. The Labute approximate surface area is 114 Å². The van der Waals surface area contributed by atoms with Crippen molar-refractivity contribution in [2.24, 2.45) is 5.73 Å². The standard InChI is InChI=1S/C12H23O.CH2N2.Mn/c1-2-3-4-5-6-7-8-9-10-11-12-13;2-1-3;/h2-11H2,1H3;2H2;. The predicted molar refractivity (Wildman–Crippen MR) is 66.7 cm³/mol. The smallest absolute Gasteiger partial charge is 0.173 e. The van der Waals surface area contributed by atoms with E-state index in [1.165, 1.54) is 57.6 Å². The van der Waals surface area contributed by atoms with Crippen LogP contribution in [-0.2, 0) is 20.8 Å². The van der Waals surface area contributed by atoms with Crippen molar-refractivity contribution in [1.82, 2.24) is 0 Å². The van der Waals surface area contributed by atoms with Crippen molar-refractivity contribution >= 4 is 4.68 Å². The molecule has 100 valence electrons. The summed E-state index contributed by atoms with van der Waals surface area (Å²) in [6.45, 7) is 2.25. The van der Waals surface area contributed by atoms with Crippen LogP contribution in [0.5, 0.6) is 0 Å². The molecule has 3 nitrogen and oxygen atoms in total. The van der Waals surface area contributed by atoms with E-state index in [1.807, 2.05) is 0 Å². The molecule has 0 aromatic rings. The molecule has 0 aromatic carbocycles. The SMILES string of the molecule is CCCCCCCCCCC[C](=O)[Mn].N#CN. The zero-order chi connectivity index (χ0) is 13.4. The first-order chi connectivity index (χ1) is 8.18. The maximum atomic E-state index is 10.6. The summed E-state index contributed by atoms with van der Waals surface area (Å²) in [4.78, 5) is 10.6. The van der Waals surface area contributed by atoms with Crippen LogP contribution in [0.2, 0.25) is 0 Å². The molecule has 0 spiro atoms. The Balaban J connectivity index is 0. The third kappa shape index (κ3) is 25.6. The molecule has 17 heavy (non-hydrogen) atoms. The van der Waals surface area contributed by atoms with E-state index in [1.54, 1.807) is 0 Å². The van der Waals surface area contributed by atoms with Crippen molar-refractivity contribution in [3.05, 3.63) is 0 Å². The Kier molecular flexibility index (Phi) is 19.8. The van der Waals surface area contributed by atoms with Crippen LogP contribution in [0.15, 0.2) is 0 Å². The molecule has 0 aliphatic heterocycles. The van der Waals surface area contributed by atoms with Crippen molar-refractivity contribution in [2.75, 3.05) is 0 Å². The molecular weight excluding hydrogens is 255 g/mol. The minimum atomic E-state index is 0.153. The summed E-state index contributed by atoms with van der Waals surface area (Å²) < 4.78 is 0.153. The molecule has 0 bridgehead atoms. The summed E-state index contributed by atoms with van der Waals surface area (Å²) in [5.74, 6) is 0. The Morgan fingerprint density at radius 2 is 1.41 bits per heavy atom. The molecule has 0 amide bonds. The van der Waals surface area contributed by atoms with Crippen LogP contribution in [0.4, 0.5) is 0 Å². The number of hydrogen-bond acceptors (Lipinski definition) is 3. The van der Waals surface area contributed by atoms with Gasteiger partial charge in [-0.2, -0.15) is 5.26 Å². The van der Waals surface area contributed by atoms with Crippen LogP contribution in [0, 0.1) is 11.5 Å². The van der Waals surface area contributed by atoms with Crippen LogP contribution < -0.4 is 5.73 Å². The fraction of sp³-hybridized carbons (Fsp3) is 0.846. The van der Waals surface area contributed by atoms with E-state index in [0.29, 0.717) is 6.42 Å². The van der Waals surface area contributed by atoms with E-state index < -0.39 is 0 Å². The second-order valence-corrected chi connectivity index (χ2v) is 4.72. The fourth-order valence-corrected chi connectivity index (χ4v) is 1.78. The van der Waals surface area contributed by atoms with Gasteiger partial charge in [-0.15, -0.1) is 0 Å². The van der Waals surface area contributed by atoms with Crippen LogP contribution in [0.3, 0.4) is 0 Å². The minimum Gasteiger partial charge on any atom is -0.337 e. The quantitative estimate of drug-likeness (QED) is 0.288. The third-order valence-corrected chi connectivity index (χ3v) is 2.77. The van der Waals surface area contributed by atoms with Crippen molar-refractivity contribution in [3.8, 4) is 6.19 Å². The van der Waals surface area contributed by atoms with E-state index in [9.17, 15) is 4.79 Å². The van der Waals surface area contributed by atoms with Gasteiger partial charge in [-0.1, -0.05) is 0 Å². The Morgan fingerprint density at radius 3 is 1.76 bits per heavy atom. The number of nitrogens with two attached hydrogens (primary N) is 1. The van der Waals surface area contributed by atoms with E-state index in [4.69, 9.17) is 5.26 Å². The summed E-state index contributed by atoms with van der Waals surface area (Å²) in [6.07, 6.45) is 13.8. The molecule has 0 atom stereocenters. The molecule has 0 aliphatic carbocycles. The summed E-state index contributed by atoms with van der Waals surface area (Å²) in [7, 11) is 0. The molecule has 0 heterocycles. The van der Waals surface area contributed by atoms with Gasteiger partial charge >= 0.3 is 96.6 Å². The van der Waals surface area contributed by atoms with Gasteiger partial charge in [0.05, 0.1) is 0 Å². The summed E-state index contributed by atoms with van der Waals surface area (Å²) in [6, 6.07) is 0.